The molecule has 0 amide bonds. The maximum atomic E-state index is 12.8. The fourth-order valence-electron chi connectivity index (χ4n) is 7.75. The van der Waals surface area contributed by atoms with Gasteiger partial charge in [0.1, 0.15) is 13.2 Å². The molecule has 0 spiro atoms. The number of esters is 2. The van der Waals surface area contributed by atoms with E-state index in [0.29, 0.717) is 17.4 Å². The minimum atomic E-state index is -1.51. The van der Waals surface area contributed by atoms with Crippen molar-refractivity contribution >= 4 is 17.9 Å². The number of hydrogen-bond acceptors (Lipinski definition) is 7. The molecule has 0 rings (SSSR count). The molecule has 1 N–H and O–H groups in total. The van der Waals surface area contributed by atoms with Crippen LogP contribution < -0.4 is 0 Å². The van der Waals surface area contributed by atoms with Crippen molar-refractivity contribution in [1.29, 1.82) is 0 Å². The Morgan fingerprint density at radius 1 is 0.469 bits per heavy atom. The average molecular weight is 907 g/mol. The predicted molar refractivity (Wildman–Crippen MR) is 268 cm³/mol. The lowest BCUT2D eigenvalue weighted by Gasteiger charge is -2.25. The Balaban J connectivity index is 4.23. The summed E-state index contributed by atoms with van der Waals surface area (Å²) in [4.78, 5) is 37.3. The number of likely N-dealkylation sites (N-methyl/N-ethyl adjacent to an activating group) is 1. The third-order valence-corrected chi connectivity index (χ3v) is 12.0. The number of quaternary nitrogens is 1. The van der Waals surface area contributed by atoms with Crippen LogP contribution in [0.1, 0.15) is 251 Å². The van der Waals surface area contributed by atoms with E-state index in [1.807, 2.05) is 21.1 Å². The van der Waals surface area contributed by atoms with Crippen LogP contribution in [0, 0.1) is 0 Å². The van der Waals surface area contributed by atoms with Crippen LogP contribution in [0.3, 0.4) is 0 Å². The summed E-state index contributed by atoms with van der Waals surface area (Å²) in [5.41, 5.74) is 0. The fraction of sp³-hybridized carbons (Fsp3) is 0.873. The Morgan fingerprint density at radius 2 is 0.844 bits per heavy atom. The van der Waals surface area contributed by atoms with Crippen molar-refractivity contribution in [3.63, 3.8) is 0 Å². The van der Waals surface area contributed by atoms with Gasteiger partial charge < -0.3 is 28.5 Å². The molecule has 9 nitrogen and oxygen atoms in total. The Morgan fingerprint density at radius 3 is 1.23 bits per heavy atom. The maximum Gasteiger partial charge on any atom is 0.361 e. The minimum Gasteiger partial charge on any atom is -0.477 e. The van der Waals surface area contributed by atoms with Gasteiger partial charge >= 0.3 is 17.9 Å². The van der Waals surface area contributed by atoms with Gasteiger partial charge in [-0.25, -0.2) is 4.79 Å². The van der Waals surface area contributed by atoms with Crippen LogP contribution >= 0.6 is 0 Å². The van der Waals surface area contributed by atoms with Gasteiger partial charge in [-0.1, -0.05) is 218 Å². The van der Waals surface area contributed by atoms with Crippen LogP contribution in [0.5, 0.6) is 0 Å². The molecule has 0 bridgehead atoms. The van der Waals surface area contributed by atoms with Crippen LogP contribution in [-0.2, 0) is 33.3 Å². The van der Waals surface area contributed by atoms with Crippen molar-refractivity contribution < 1.29 is 42.9 Å². The molecule has 0 aromatic heterocycles. The zero-order valence-electron chi connectivity index (χ0n) is 42.7. The Bertz CT molecular complexity index is 1100. The summed E-state index contributed by atoms with van der Waals surface area (Å²) in [6, 6.07) is 0. The van der Waals surface area contributed by atoms with Crippen molar-refractivity contribution in [3.8, 4) is 0 Å². The normalized spacial score (nSPS) is 13.0. The quantitative estimate of drug-likeness (QED) is 0.0211. The van der Waals surface area contributed by atoms with E-state index in [2.05, 4.69) is 38.2 Å². The van der Waals surface area contributed by atoms with Gasteiger partial charge in [0, 0.05) is 12.8 Å². The first-order valence-electron chi connectivity index (χ1n) is 27.0. The molecular weight excluding hydrogens is 803 g/mol. The molecule has 9 heteroatoms. The van der Waals surface area contributed by atoms with Gasteiger partial charge in [-0.2, -0.15) is 0 Å². The van der Waals surface area contributed by atoms with Gasteiger partial charge in [0.2, 0.25) is 0 Å². The minimum absolute atomic E-state index is 0.177. The van der Waals surface area contributed by atoms with Crippen molar-refractivity contribution in [2.24, 2.45) is 0 Å². The second-order valence-corrected chi connectivity index (χ2v) is 19.5. The summed E-state index contributed by atoms with van der Waals surface area (Å²) in [6.45, 7) is 4.90. The summed E-state index contributed by atoms with van der Waals surface area (Å²) in [6.07, 6.45) is 51.0. The highest BCUT2D eigenvalue weighted by atomic mass is 16.7. The van der Waals surface area contributed by atoms with Gasteiger partial charge in [0.25, 0.3) is 6.29 Å². The zero-order chi connectivity index (χ0) is 47.0. The maximum absolute atomic E-state index is 12.8. The van der Waals surface area contributed by atoms with Gasteiger partial charge in [0.15, 0.2) is 6.10 Å². The molecule has 0 radical (unpaired) electrons. The predicted octanol–water partition coefficient (Wildman–Crippen LogP) is 15.2. The molecule has 0 aromatic carbocycles. The zero-order valence-corrected chi connectivity index (χ0v) is 42.7. The summed E-state index contributed by atoms with van der Waals surface area (Å²) >= 11 is 0. The number of rotatable bonds is 50. The van der Waals surface area contributed by atoms with E-state index in [1.165, 1.54) is 180 Å². The molecule has 0 fully saturated rings. The fourth-order valence-corrected chi connectivity index (χ4v) is 7.75. The number of aliphatic carboxylic acids is 1. The Kier molecular flexibility index (Phi) is 45.6. The second-order valence-electron chi connectivity index (χ2n) is 19.5. The molecule has 0 aliphatic carbocycles. The van der Waals surface area contributed by atoms with Crippen LogP contribution in [0.4, 0.5) is 0 Å². The lowest BCUT2D eigenvalue weighted by molar-refractivity contribution is -0.870. The third-order valence-electron chi connectivity index (χ3n) is 12.0. The molecule has 0 aliphatic rings. The number of carbonyl (C=O) groups is 3. The first-order valence-corrected chi connectivity index (χ1v) is 27.0. The summed E-state index contributed by atoms with van der Waals surface area (Å²) in [5.74, 6) is -1.99. The standard InChI is InChI=1S/C55H103NO8/c1-6-8-10-12-14-16-18-20-22-23-24-25-26-27-28-29-30-31-32-34-36-38-40-42-44-46-53(58)64-51(50-63-55(54(59)60)61-48-47-56(3,4)5)49-62-52(57)45-43-41-39-37-35-33-21-19-17-15-13-11-9-7-2/h18,20,23-24,51,55H,6-17,19,21-22,25-50H2,1-5H3/p+1/b20-18-,24-23-. The second kappa shape index (κ2) is 47.3. The van der Waals surface area contributed by atoms with Crippen LogP contribution in [-0.4, -0.2) is 87.4 Å². The lowest BCUT2D eigenvalue weighted by Crippen LogP contribution is -2.40. The summed E-state index contributed by atoms with van der Waals surface area (Å²) < 4.78 is 22.8. The monoisotopic (exact) mass is 907 g/mol. The number of unbranched alkanes of at least 4 members (excludes halogenated alkanes) is 31. The number of carboxylic acid groups (broad SMARTS) is 1. The van der Waals surface area contributed by atoms with Crippen LogP contribution in [0.15, 0.2) is 24.3 Å². The largest absolute Gasteiger partial charge is 0.477 e. The van der Waals surface area contributed by atoms with Gasteiger partial charge in [-0.05, 0) is 44.9 Å². The molecule has 0 saturated carbocycles. The number of carbonyl (C=O) groups excluding carboxylic acids is 2. The topological polar surface area (TPSA) is 108 Å². The SMILES string of the molecule is CCCCCCC/C=C\C/C=C\CCCCCCCCCCCCCCCC(=O)OC(COC(=O)CCCCCCCCCCCCCCCC)COC(OCC[N+](C)(C)C)C(=O)O. The summed E-state index contributed by atoms with van der Waals surface area (Å²) in [5, 5.41) is 9.67. The number of hydrogen-bond donors (Lipinski definition) is 1. The molecule has 0 heterocycles. The number of carboxylic acids is 1. The molecular formula is C55H104NO8+. The molecule has 2 unspecified atom stereocenters. The Hall–Kier alpha value is -2.23. The molecule has 0 saturated heterocycles. The van der Waals surface area contributed by atoms with E-state index in [-0.39, 0.29) is 32.2 Å². The van der Waals surface area contributed by atoms with Gasteiger partial charge in [-0.3, -0.25) is 9.59 Å². The van der Waals surface area contributed by atoms with E-state index in [4.69, 9.17) is 18.9 Å². The van der Waals surface area contributed by atoms with E-state index < -0.39 is 24.3 Å². The van der Waals surface area contributed by atoms with Crippen LogP contribution in [0.2, 0.25) is 0 Å². The smallest absolute Gasteiger partial charge is 0.361 e. The lowest BCUT2D eigenvalue weighted by atomic mass is 10.0. The first kappa shape index (κ1) is 61.8. The van der Waals surface area contributed by atoms with Crippen molar-refractivity contribution in [2.75, 3.05) is 47.5 Å². The molecule has 2 atom stereocenters. The highest BCUT2D eigenvalue weighted by molar-refractivity contribution is 5.71. The number of allylic oxidation sites excluding steroid dienone is 4. The van der Waals surface area contributed by atoms with E-state index in [9.17, 15) is 19.5 Å². The number of nitrogens with zero attached hydrogens (tertiary/aromatic N) is 1. The number of ether oxygens (including phenoxy) is 4. The first-order chi connectivity index (χ1) is 31.1. The van der Waals surface area contributed by atoms with Gasteiger partial charge in [-0.15, -0.1) is 0 Å². The molecule has 0 aliphatic heterocycles. The van der Waals surface area contributed by atoms with Crippen molar-refractivity contribution in [3.05, 3.63) is 24.3 Å². The highest BCUT2D eigenvalue weighted by Gasteiger charge is 2.25. The average Bonchev–Trinajstić information content (AvgIpc) is 3.26. The highest BCUT2D eigenvalue weighted by Crippen LogP contribution is 2.16. The summed E-state index contributed by atoms with van der Waals surface area (Å²) in [7, 11) is 5.97. The molecule has 376 valence electrons. The van der Waals surface area contributed by atoms with E-state index >= 15 is 0 Å². The van der Waals surface area contributed by atoms with E-state index in [0.717, 1.165) is 44.9 Å². The third kappa shape index (κ3) is 47.7. The van der Waals surface area contributed by atoms with Crippen LogP contribution in [0.25, 0.3) is 0 Å². The van der Waals surface area contributed by atoms with E-state index in [1.54, 1.807) is 0 Å². The van der Waals surface area contributed by atoms with Crippen molar-refractivity contribution in [1.82, 2.24) is 0 Å². The van der Waals surface area contributed by atoms with Gasteiger partial charge in [0.05, 0.1) is 34.4 Å². The molecule has 0 aromatic rings. The molecule has 64 heavy (non-hydrogen) atoms. The Labute approximate surface area is 395 Å². The van der Waals surface area contributed by atoms with Crippen molar-refractivity contribution in [2.45, 2.75) is 264 Å².